The first-order chi connectivity index (χ1) is 5.08. The lowest BCUT2D eigenvalue weighted by Gasteiger charge is -2.07. The highest BCUT2D eigenvalue weighted by atomic mass is 79.9. The third-order valence-corrected chi connectivity index (χ3v) is 3.27. The van der Waals surface area contributed by atoms with Crippen molar-refractivity contribution in [1.29, 1.82) is 0 Å². The smallest absolute Gasteiger partial charge is 0.0622 e. The van der Waals surface area contributed by atoms with Crippen LogP contribution in [-0.4, -0.2) is 13.3 Å². The molecule has 0 amide bonds. The van der Waals surface area contributed by atoms with Crippen LogP contribution in [0.25, 0.3) is 0 Å². The first-order valence-electron chi connectivity index (χ1n) is 3.64. The number of benzene rings is 1. The second-order valence-corrected chi connectivity index (χ2v) is 12.3. The van der Waals surface area contributed by atoms with Gasteiger partial charge in [0.1, 0.15) is 15.5 Å². The van der Waals surface area contributed by atoms with Crippen LogP contribution >= 0.6 is 21.5 Å². The molecule has 0 radical (unpaired) electrons. The molecule has 1 aromatic carbocycles. The molecule has 2 heteroatoms. The van der Waals surface area contributed by atoms with Gasteiger partial charge in [0.05, 0.1) is 25.5 Å². The average Bonchev–Trinajstić information content (AvgIpc) is 1.85. The van der Waals surface area contributed by atoms with E-state index in [0.717, 1.165) is 0 Å². The number of halogens is 1. The van der Waals surface area contributed by atoms with E-state index in [2.05, 4.69) is 59.2 Å². The summed E-state index contributed by atoms with van der Waals surface area (Å²) >= 11 is 3.73. The van der Waals surface area contributed by atoms with Crippen molar-refractivity contribution < 1.29 is 0 Å². The van der Waals surface area contributed by atoms with E-state index in [1.807, 2.05) is 0 Å². The van der Waals surface area contributed by atoms with E-state index in [9.17, 15) is 0 Å². The standard InChI is InChI=1S/C9H13BrP/c1-11(2,10)8-9-6-4-3-5-7-9/h3-7H,8H2,1-2H3/q+1. The van der Waals surface area contributed by atoms with Crippen LogP contribution in [0.2, 0.25) is 0 Å². The largest absolute Gasteiger partial charge is 0.138 e. The van der Waals surface area contributed by atoms with Gasteiger partial charge < -0.3 is 0 Å². The second-order valence-electron chi connectivity index (χ2n) is 3.18. The van der Waals surface area contributed by atoms with Gasteiger partial charge in [0.25, 0.3) is 0 Å². The molecule has 0 fully saturated rings. The zero-order chi connectivity index (χ0) is 8.32. The molecular weight excluding hydrogens is 219 g/mol. The summed E-state index contributed by atoms with van der Waals surface area (Å²) in [6, 6.07) is 10.6. The molecule has 0 aliphatic heterocycles. The Morgan fingerprint density at radius 1 is 1.18 bits per heavy atom. The molecule has 0 aliphatic rings. The molecule has 0 unspecified atom stereocenters. The lowest BCUT2D eigenvalue weighted by atomic mass is 10.2. The first kappa shape index (κ1) is 9.22. The van der Waals surface area contributed by atoms with Crippen molar-refractivity contribution >= 4 is 21.5 Å². The molecule has 0 atom stereocenters. The van der Waals surface area contributed by atoms with E-state index in [-0.39, 0.29) is 0 Å². The molecule has 0 nitrogen and oxygen atoms in total. The predicted octanol–water partition coefficient (Wildman–Crippen LogP) is 3.77. The van der Waals surface area contributed by atoms with Crippen LogP contribution in [0.4, 0.5) is 0 Å². The summed E-state index contributed by atoms with van der Waals surface area (Å²) in [4.78, 5) is 0. The van der Waals surface area contributed by atoms with Crippen molar-refractivity contribution in [3.8, 4) is 0 Å². The van der Waals surface area contributed by atoms with E-state index >= 15 is 0 Å². The van der Waals surface area contributed by atoms with Crippen LogP contribution in [0.15, 0.2) is 30.3 Å². The summed E-state index contributed by atoms with van der Waals surface area (Å²) in [6.45, 7) is 4.58. The quantitative estimate of drug-likeness (QED) is 0.680. The third-order valence-electron chi connectivity index (χ3n) is 1.40. The summed E-state index contributed by atoms with van der Waals surface area (Å²) in [5.74, 6) is -0.825. The normalized spacial score (nSPS) is 11.5. The topological polar surface area (TPSA) is 0 Å². The van der Waals surface area contributed by atoms with Crippen molar-refractivity contribution in [2.75, 3.05) is 13.3 Å². The predicted molar refractivity (Wildman–Crippen MR) is 57.8 cm³/mol. The molecule has 0 N–H and O–H groups in total. The van der Waals surface area contributed by atoms with Gasteiger partial charge in [-0.15, -0.1) is 0 Å². The van der Waals surface area contributed by atoms with Gasteiger partial charge in [-0.25, -0.2) is 0 Å². The number of hydrogen-bond acceptors (Lipinski definition) is 0. The molecule has 60 valence electrons. The fraction of sp³-hybridized carbons (Fsp3) is 0.333. The monoisotopic (exact) mass is 231 g/mol. The van der Waals surface area contributed by atoms with Crippen molar-refractivity contribution in [1.82, 2.24) is 0 Å². The average molecular weight is 232 g/mol. The summed E-state index contributed by atoms with van der Waals surface area (Å²) in [5.41, 5.74) is 1.43. The molecule has 0 aromatic heterocycles. The van der Waals surface area contributed by atoms with Gasteiger partial charge in [-0.05, 0) is 5.56 Å². The Bertz CT molecular complexity index is 213. The lowest BCUT2D eigenvalue weighted by Crippen LogP contribution is -1.85. The van der Waals surface area contributed by atoms with Crippen molar-refractivity contribution in [3.63, 3.8) is 0 Å². The van der Waals surface area contributed by atoms with Gasteiger partial charge >= 0.3 is 0 Å². The molecule has 1 aromatic rings. The molecule has 0 aliphatic carbocycles. The fourth-order valence-electron chi connectivity index (χ4n) is 1.02. The molecule has 11 heavy (non-hydrogen) atoms. The fourth-order valence-corrected chi connectivity index (χ4v) is 2.97. The minimum absolute atomic E-state index is 0.825. The molecule has 1 rings (SSSR count). The SMILES string of the molecule is C[P+](C)(Br)Cc1ccccc1. The molecule has 0 heterocycles. The summed E-state index contributed by atoms with van der Waals surface area (Å²) in [6.07, 6.45) is 1.19. The van der Waals surface area contributed by atoms with Crippen molar-refractivity contribution in [3.05, 3.63) is 35.9 Å². The van der Waals surface area contributed by atoms with Crippen LogP contribution in [-0.2, 0) is 6.16 Å². The van der Waals surface area contributed by atoms with E-state index < -0.39 is 5.96 Å². The minimum Gasteiger partial charge on any atom is -0.0622 e. The van der Waals surface area contributed by atoms with Crippen molar-refractivity contribution in [2.24, 2.45) is 0 Å². The summed E-state index contributed by atoms with van der Waals surface area (Å²) in [5, 5.41) is 0. The second kappa shape index (κ2) is 3.69. The Labute approximate surface area is 77.1 Å². The molecule has 0 spiro atoms. The van der Waals surface area contributed by atoms with Crippen molar-refractivity contribution in [2.45, 2.75) is 6.16 Å². The molecule has 0 saturated carbocycles. The van der Waals surface area contributed by atoms with Crippen LogP contribution in [0, 0.1) is 0 Å². The van der Waals surface area contributed by atoms with E-state index in [0.29, 0.717) is 0 Å². The van der Waals surface area contributed by atoms with Crippen LogP contribution < -0.4 is 0 Å². The van der Waals surface area contributed by atoms with Gasteiger partial charge in [-0.1, -0.05) is 30.3 Å². The maximum atomic E-state index is 3.73. The Morgan fingerprint density at radius 2 is 1.73 bits per heavy atom. The Hall–Kier alpha value is 0.130. The van der Waals surface area contributed by atoms with Gasteiger partial charge in [-0.2, -0.15) is 0 Å². The van der Waals surface area contributed by atoms with E-state index in [1.165, 1.54) is 11.7 Å². The van der Waals surface area contributed by atoms with Gasteiger partial charge in [-0.3, -0.25) is 0 Å². The zero-order valence-corrected chi connectivity index (χ0v) is 9.40. The Morgan fingerprint density at radius 3 is 2.18 bits per heavy atom. The third kappa shape index (κ3) is 3.88. The van der Waals surface area contributed by atoms with Crippen LogP contribution in [0.3, 0.4) is 0 Å². The zero-order valence-electron chi connectivity index (χ0n) is 6.92. The highest BCUT2D eigenvalue weighted by Crippen LogP contribution is 2.61. The molecular formula is C9H13BrP+. The summed E-state index contributed by atoms with van der Waals surface area (Å²) in [7, 11) is 0. The minimum atomic E-state index is -0.825. The van der Waals surface area contributed by atoms with Crippen LogP contribution in [0.1, 0.15) is 5.56 Å². The van der Waals surface area contributed by atoms with Gasteiger partial charge in [0.2, 0.25) is 0 Å². The highest BCUT2D eigenvalue weighted by Gasteiger charge is 2.20. The Balaban J connectivity index is 2.66. The maximum absolute atomic E-state index is 3.73. The molecule has 0 saturated heterocycles. The lowest BCUT2D eigenvalue weighted by molar-refractivity contribution is 1.39. The van der Waals surface area contributed by atoms with E-state index in [1.54, 1.807) is 0 Å². The van der Waals surface area contributed by atoms with E-state index in [4.69, 9.17) is 0 Å². The Kier molecular flexibility index (Phi) is 3.09. The summed E-state index contributed by atoms with van der Waals surface area (Å²) < 4.78 is 0. The number of rotatable bonds is 2. The van der Waals surface area contributed by atoms with Crippen LogP contribution in [0.5, 0.6) is 0 Å². The van der Waals surface area contributed by atoms with Gasteiger partial charge in [0.15, 0.2) is 0 Å². The maximum Gasteiger partial charge on any atom is 0.138 e. The van der Waals surface area contributed by atoms with Gasteiger partial charge in [0, 0.05) is 0 Å². The first-order valence-corrected chi connectivity index (χ1v) is 8.53. The number of hydrogen-bond donors (Lipinski definition) is 0. The molecule has 0 bridgehead atoms. The highest BCUT2D eigenvalue weighted by molar-refractivity contribution is 9.42.